The standard InChI is InChI=1S/C27H28N6O2S/c1-27(2,3)20-10-8-19(9-11-20)25-31-32-26(33(25)22-12-14-23(35-4)15-13-22)36-18-24(34)30-29-17-21-7-5-6-16-28-21/h5-17H,18H2,1-4H3,(H,30,34)/b29-17-. The summed E-state index contributed by atoms with van der Waals surface area (Å²) in [5.74, 6) is 1.31. The number of nitrogens with zero attached hydrogens (tertiary/aromatic N) is 5. The molecule has 0 saturated heterocycles. The van der Waals surface area contributed by atoms with Gasteiger partial charge in [0, 0.05) is 17.4 Å². The van der Waals surface area contributed by atoms with Crippen LogP contribution in [0.1, 0.15) is 32.0 Å². The molecule has 8 nitrogen and oxygen atoms in total. The summed E-state index contributed by atoms with van der Waals surface area (Å²) in [6.45, 7) is 6.55. The highest BCUT2D eigenvalue weighted by molar-refractivity contribution is 7.99. The summed E-state index contributed by atoms with van der Waals surface area (Å²) in [5, 5.41) is 13.4. The minimum absolute atomic E-state index is 0.0512. The monoisotopic (exact) mass is 500 g/mol. The van der Waals surface area contributed by atoms with Crippen LogP contribution in [0.15, 0.2) is 83.2 Å². The van der Waals surface area contributed by atoms with Gasteiger partial charge in [-0.2, -0.15) is 5.10 Å². The van der Waals surface area contributed by atoms with E-state index in [1.165, 1.54) is 23.5 Å². The third kappa shape index (κ3) is 6.17. The molecule has 9 heteroatoms. The predicted octanol–water partition coefficient (Wildman–Crippen LogP) is 4.88. The molecular formula is C27H28N6O2S. The third-order valence-electron chi connectivity index (χ3n) is 5.38. The van der Waals surface area contributed by atoms with Gasteiger partial charge in [-0.15, -0.1) is 10.2 Å². The Bertz CT molecular complexity index is 1330. The molecule has 1 amide bonds. The molecule has 0 bridgehead atoms. The Hall–Kier alpha value is -3.98. The van der Waals surface area contributed by atoms with Crippen molar-refractivity contribution in [2.24, 2.45) is 5.10 Å². The minimum atomic E-state index is -0.257. The second kappa shape index (κ2) is 11.2. The summed E-state index contributed by atoms with van der Waals surface area (Å²) in [7, 11) is 1.63. The van der Waals surface area contributed by atoms with Gasteiger partial charge in [0.05, 0.1) is 24.8 Å². The molecule has 4 rings (SSSR count). The average Bonchev–Trinajstić information content (AvgIpc) is 3.31. The first-order chi connectivity index (χ1) is 17.3. The number of ether oxygens (including phenoxy) is 1. The summed E-state index contributed by atoms with van der Waals surface area (Å²) in [6, 6.07) is 21.5. The van der Waals surface area contributed by atoms with Crippen LogP contribution in [-0.2, 0) is 10.2 Å². The normalized spacial score (nSPS) is 11.6. The lowest BCUT2D eigenvalue weighted by Gasteiger charge is -2.19. The molecule has 0 aliphatic carbocycles. The number of pyridine rings is 1. The van der Waals surface area contributed by atoms with Crippen LogP contribution in [0.4, 0.5) is 0 Å². The molecule has 2 heterocycles. The quantitative estimate of drug-likeness (QED) is 0.211. The first-order valence-corrected chi connectivity index (χ1v) is 12.4. The molecule has 0 aliphatic heterocycles. The van der Waals surface area contributed by atoms with Gasteiger partial charge in [-0.1, -0.05) is 62.9 Å². The van der Waals surface area contributed by atoms with E-state index in [4.69, 9.17) is 4.74 Å². The lowest BCUT2D eigenvalue weighted by atomic mass is 9.87. The topological polar surface area (TPSA) is 94.3 Å². The van der Waals surface area contributed by atoms with Gasteiger partial charge in [-0.05, 0) is 47.4 Å². The number of nitrogens with one attached hydrogen (secondary N) is 1. The van der Waals surface area contributed by atoms with Crippen molar-refractivity contribution in [3.63, 3.8) is 0 Å². The van der Waals surface area contributed by atoms with Crippen molar-refractivity contribution >= 4 is 23.9 Å². The number of carbonyl (C=O) groups is 1. The van der Waals surface area contributed by atoms with Crippen molar-refractivity contribution < 1.29 is 9.53 Å². The number of benzene rings is 2. The Balaban J connectivity index is 1.56. The highest BCUT2D eigenvalue weighted by Crippen LogP contribution is 2.30. The zero-order valence-electron chi connectivity index (χ0n) is 20.7. The van der Waals surface area contributed by atoms with Gasteiger partial charge < -0.3 is 4.74 Å². The van der Waals surface area contributed by atoms with E-state index in [9.17, 15) is 4.79 Å². The van der Waals surface area contributed by atoms with Gasteiger partial charge in [0.15, 0.2) is 11.0 Å². The molecule has 1 N–H and O–H groups in total. The van der Waals surface area contributed by atoms with Crippen LogP contribution in [-0.4, -0.2) is 44.7 Å². The first kappa shape index (κ1) is 25.1. The fraction of sp³-hybridized carbons (Fsp3) is 0.222. The Morgan fingerprint density at radius 3 is 2.44 bits per heavy atom. The molecule has 2 aromatic carbocycles. The van der Waals surface area contributed by atoms with Crippen molar-refractivity contribution in [1.29, 1.82) is 0 Å². The highest BCUT2D eigenvalue weighted by atomic mass is 32.2. The molecule has 0 atom stereocenters. The van der Waals surface area contributed by atoms with E-state index in [2.05, 4.69) is 70.7 Å². The van der Waals surface area contributed by atoms with Crippen LogP contribution in [0.5, 0.6) is 5.75 Å². The Kier molecular flexibility index (Phi) is 7.80. The Labute approximate surface area is 214 Å². The number of thioether (sulfide) groups is 1. The largest absolute Gasteiger partial charge is 0.497 e. The zero-order valence-corrected chi connectivity index (χ0v) is 21.5. The van der Waals surface area contributed by atoms with Crippen molar-refractivity contribution in [3.8, 4) is 22.8 Å². The molecule has 0 saturated carbocycles. The van der Waals surface area contributed by atoms with Gasteiger partial charge >= 0.3 is 0 Å². The molecule has 0 unspecified atom stereocenters. The fourth-order valence-electron chi connectivity index (χ4n) is 3.42. The van der Waals surface area contributed by atoms with Gasteiger partial charge in [-0.3, -0.25) is 14.3 Å². The van der Waals surface area contributed by atoms with Crippen LogP contribution >= 0.6 is 11.8 Å². The number of rotatable bonds is 8. The summed E-state index contributed by atoms with van der Waals surface area (Å²) in [4.78, 5) is 16.5. The molecule has 0 fully saturated rings. The maximum atomic E-state index is 12.4. The molecule has 0 radical (unpaired) electrons. The number of amides is 1. The summed E-state index contributed by atoms with van der Waals surface area (Å²) in [5.41, 5.74) is 6.28. The smallest absolute Gasteiger partial charge is 0.250 e. The average molecular weight is 501 g/mol. The molecule has 2 aromatic heterocycles. The third-order valence-corrected chi connectivity index (χ3v) is 6.31. The SMILES string of the molecule is COc1ccc(-n2c(SCC(=O)N/N=C\c3ccccn3)nnc2-c2ccc(C(C)(C)C)cc2)cc1. The van der Waals surface area contributed by atoms with Crippen molar-refractivity contribution in [2.75, 3.05) is 12.9 Å². The second-order valence-electron chi connectivity index (χ2n) is 9.00. The maximum absolute atomic E-state index is 12.4. The molecule has 36 heavy (non-hydrogen) atoms. The minimum Gasteiger partial charge on any atom is -0.497 e. The summed E-state index contributed by atoms with van der Waals surface area (Å²) < 4.78 is 7.25. The number of aromatic nitrogens is 4. The molecule has 0 aliphatic rings. The number of hydrazone groups is 1. The van der Waals surface area contributed by atoms with Crippen LogP contribution in [0.3, 0.4) is 0 Å². The number of hydrogen-bond donors (Lipinski definition) is 1. The van der Waals surface area contributed by atoms with Crippen LogP contribution in [0.2, 0.25) is 0 Å². The Morgan fingerprint density at radius 2 is 1.81 bits per heavy atom. The second-order valence-corrected chi connectivity index (χ2v) is 9.95. The van der Waals surface area contributed by atoms with Crippen LogP contribution < -0.4 is 10.2 Å². The first-order valence-electron chi connectivity index (χ1n) is 11.4. The van der Waals surface area contributed by atoms with Gasteiger partial charge in [-0.25, -0.2) is 5.43 Å². The summed E-state index contributed by atoms with van der Waals surface area (Å²) in [6.07, 6.45) is 3.17. The molecule has 4 aromatic rings. The Morgan fingerprint density at radius 1 is 1.06 bits per heavy atom. The maximum Gasteiger partial charge on any atom is 0.250 e. The van der Waals surface area contributed by atoms with Gasteiger partial charge in [0.1, 0.15) is 5.75 Å². The summed E-state index contributed by atoms with van der Waals surface area (Å²) >= 11 is 1.29. The molecule has 184 valence electrons. The molecule has 0 spiro atoms. The van der Waals surface area contributed by atoms with Crippen LogP contribution in [0.25, 0.3) is 17.1 Å². The van der Waals surface area contributed by atoms with E-state index in [0.717, 1.165) is 17.0 Å². The number of carbonyl (C=O) groups excluding carboxylic acids is 1. The lowest BCUT2D eigenvalue weighted by molar-refractivity contribution is -0.118. The van der Waals surface area contributed by atoms with E-state index in [0.29, 0.717) is 16.7 Å². The van der Waals surface area contributed by atoms with E-state index < -0.39 is 0 Å². The molecular weight excluding hydrogens is 472 g/mol. The lowest BCUT2D eigenvalue weighted by Crippen LogP contribution is -2.20. The zero-order chi connectivity index (χ0) is 25.5. The van der Waals surface area contributed by atoms with Crippen LogP contribution in [0, 0.1) is 0 Å². The van der Waals surface area contributed by atoms with E-state index in [-0.39, 0.29) is 17.1 Å². The number of methoxy groups -OCH3 is 1. The van der Waals surface area contributed by atoms with E-state index in [1.54, 1.807) is 19.4 Å². The highest BCUT2D eigenvalue weighted by Gasteiger charge is 2.19. The van der Waals surface area contributed by atoms with E-state index >= 15 is 0 Å². The number of hydrogen-bond acceptors (Lipinski definition) is 7. The fourth-order valence-corrected chi connectivity index (χ4v) is 4.16. The van der Waals surface area contributed by atoms with Gasteiger partial charge in [0.2, 0.25) is 0 Å². The van der Waals surface area contributed by atoms with Crippen molar-refractivity contribution in [1.82, 2.24) is 25.2 Å². The van der Waals surface area contributed by atoms with Crippen molar-refractivity contribution in [3.05, 3.63) is 84.2 Å². The van der Waals surface area contributed by atoms with E-state index in [1.807, 2.05) is 41.0 Å². The van der Waals surface area contributed by atoms with Gasteiger partial charge in [0.25, 0.3) is 5.91 Å². The van der Waals surface area contributed by atoms with Crippen molar-refractivity contribution in [2.45, 2.75) is 31.3 Å². The predicted molar refractivity (Wildman–Crippen MR) is 143 cm³/mol.